The molecule has 0 aromatic carbocycles. The number of nitrogens with one attached hydrogen (secondary N) is 2. The van der Waals surface area contributed by atoms with Gasteiger partial charge in [-0.25, -0.2) is 5.43 Å². The van der Waals surface area contributed by atoms with Crippen LogP contribution in [0.3, 0.4) is 0 Å². The summed E-state index contributed by atoms with van der Waals surface area (Å²) in [6.45, 7) is 0. The van der Waals surface area contributed by atoms with E-state index in [-0.39, 0.29) is 6.04 Å². The molecule has 6 nitrogen and oxygen atoms in total. The molecule has 0 aromatic rings. The Morgan fingerprint density at radius 3 is 2.31 bits per heavy atom. The van der Waals surface area contributed by atoms with E-state index in [9.17, 15) is 9.59 Å². The van der Waals surface area contributed by atoms with Gasteiger partial charge in [-0.05, 0) is 12.8 Å². The minimum absolute atomic E-state index is 0.268. The van der Waals surface area contributed by atoms with E-state index in [1.807, 2.05) is 0 Å². The van der Waals surface area contributed by atoms with E-state index in [2.05, 4.69) is 10.7 Å². The summed E-state index contributed by atoms with van der Waals surface area (Å²) >= 11 is 0. The van der Waals surface area contributed by atoms with E-state index in [4.69, 9.17) is 11.6 Å². The van der Waals surface area contributed by atoms with E-state index in [0.29, 0.717) is 0 Å². The van der Waals surface area contributed by atoms with Gasteiger partial charge in [-0.2, -0.15) is 0 Å². The number of rotatable bonds is 5. The van der Waals surface area contributed by atoms with Gasteiger partial charge in [0.2, 0.25) is 0 Å². The number of primary amides is 1. The fraction of sp³-hybridized carbons (Fsp3) is 0.714. The van der Waals surface area contributed by atoms with E-state index in [1.165, 1.54) is 0 Å². The molecule has 0 aliphatic heterocycles. The molecule has 0 radical (unpaired) electrons. The highest BCUT2D eigenvalue weighted by Gasteiger charge is 2.27. The highest BCUT2D eigenvalue weighted by atomic mass is 16.2. The summed E-state index contributed by atoms with van der Waals surface area (Å²) in [6.07, 6.45) is 2.30. The van der Waals surface area contributed by atoms with Crippen LogP contribution < -0.4 is 22.3 Å². The summed E-state index contributed by atoms with van der Waals surface area (Å²) in [7, 11) is 0. The van der Waals surface area contributed by atoms with Crippen molar-refractivity contribution in [2.24, 2.45) is 11.6 Å². The fourth-order valence-corrected chi connectivity index (χ4v) is 1.15. The second-order valence-corrected chi connectivity index (χ2v) is 3.12. The smallest absolute Gasteiger partial charge is 0.288 e. The van der Waals surface area contributed by atoms with Gasteiger partial charge < -0.3 is 5.73 Å². The number of hydrogen-bond donors (Lipinski definition) is 4. The molecule has 1 atom stereocenters. The van der Waals surface area contributed by atoms with Gasteiger partial charge in [0.05, 0.1) is 0 Å². The highest BCUT2D eigenvalue weighted by Crippen LogP contribution is 2.18. The van der Waals surface area contributed by atoms with Gasteiger partial charge in [-0.3, -0.25) is 20.7 Å². The van der Waals surface area contributed by atoms with Crippen molar-refractivity contribution in [1.29, 1.82) is 0 Å². The standard InChI is InChI=1S/C7H14N4O2/c8-6(13)5(12)7(11-9)10-4-2-1-3-4/h4,7,10-11H,1-3,9H2,(H2,8,13). The number of Topliss-reactive ketones (excluding diaryl/α,β-unsaturated/α-hetero) is 1. The Bertz CT molecular complexity index is 215. The molecule has 13 heavy (non-hydrogen) atoms. The maximum Gasteiger partial charge on any atom is 0.288 e. The number of hydrogen-bond acceptors (Lipinski definition) is 5. The van der Waals surface area contributed by atoms with Crippen LogP contribution in [0, 0.1) is 0 Å². The zero-order valence-corrected chi connectivity index (χ0v) is 7.25. The maximum atomic E-state index is 11.1. The van der Waals surface area contributed by atoms with Gasteiger partial charge in [-0.1, -0.05) is 6.42 Å². The minimum atomic E-state index is -0.977. The fourth-order valence-electron chi connectivity index (χ4n) is 1.15. The number of ketones is 1. The third-order valence-electron chi connectivity index (χ3n) is 2.18. The van der Waals surface area contributed by atoms with Crippen LogP contribution in [0.5, 0.6) is 0 Å². The van der Waals surface area contributed by atoms with Crippen LogP contribution >= 0.6 is 0 Å². The molecule has 1 amide bonds. The molecule has 0 aromatic heterocycles. The van der Waals surface area contributed by atoms with Crippen LogP contribution in [-0.4, -0.2) is 23.9 Å². The lowest BCUT2D eigenvalue weighted by Gasteiger charge is -2.29. The van der Waals surface area contributed by atoms with Crippen LogP contribution in [0.2, 0.25) is 0 Å². The quantitative estimate of drug-likeness (QED) is 0.171. The Morgan fingerprint density at radius 2 is 2.00 bits per heavy atom. The number of amides is 1. The zero-order valence-electron chi connectivity index (χ0n) is 7.25. The van der Waals surface area contributed by atoms with Gasteiger partial charge in [0.1, 0.15) is 6.17 Å². The average molecular weight is 186 g/mol. The van der Waals surface area contributed by atoms with Crippen LogP contribution in [0.1, 0.15) is 19.3 Å². The lowest BCUT2D eigenvalue weighted by molar-refractivity contribution is -0.138. The molecular formula is C7H14N4O2. The molecule has 1 fully saturated rings. The third kappa shape index (κ3) is 2.48. The van der Waals surface area contributed by atoms with Crippen molar-refractivity contribution in [2.45, 2.75) is 31.5 Å². The molecule has 0 spiro atoms. The molecule has 1 saturated carbocycles. The summed E-state index contributed by atoms with van der Waals surface area (Å²) < 4.78 is 0. The van der Waals surface area contributed by atoms with Crippen molar-refractivity contribution in [3.8, 4) is 0 Å². The second-order valence-electron chi connectivity index (χ2n) is 3.12. The van der Waals surface area contributed by atoms with Crippen molar-refractivity contribution in [3.63, 3.8) is 0 Å². The molecular weight excluding hydrogens is 172 g/mol. The summed E-state index contributed by atoms with van der Waals surface area (Å²) in [5.74, 6) is 3.39. The molecule has 74 valence electrons. The lowest BCUT2D eigenvalue weighted by atomic mass is 9.93. The molecule has 1 rings (SSSR count). The summed E-state index contributed by atoms with van der Waals surface area (Å²) in [6, 6.07) is 0.268. The summed E-state index contributed by atoms with van der Waals surface area (Å²) in [5, 5.41) is 2.90. The Balaban J connectivity index is 2.41. The van der Waals surface area contributed by atoms with E-state index < -0.39 is 17.9 Å². The van der Waals surface area contributed by atoms with Crippen LogP contribution in [0.25, 0.3) is 0 Å². The van der Waals surface area contributed by atoms with Crippen molar-refractivity contribution in [3.05, 3.63) is 0 Å². The number of carbonyl (C=O) groups is 2. The predicted molar refractivity (Wildman–Crippen MR) is 46.1 cm³/mol. The Labute approximate surface area is 76.0 Å². The molecule has 1 aliphatic carbocycles. The largest absolute Gasteiger partial charge is 0.363 e. The van der Waals surface area contributed by atoms with Crippen LogP contribution in [0.4, 0.5) is 0 Å². The number of carbonyl (C=O) groups excluding carboxylic acids is 2. The number of nitrogens with two attached hydrogens (primary N) is 2. The lowest BCUT2D eigenvalue weighted by Crippen LogP contribution is -2.58. The topological polar surface area (TPSA) is 110 Å². The van der Waals surface area contributed by atoms with Gasteiger partial charge in [0, 0.05) is 6.04 Å². The maximum absolute atomic E-state index is 11.1. The Kier molecular flexibility index (Phi) is 3.35. The van der Waals surface area contributed by atoms with Crippen LogP contribution in [-0.2, 0) is 9.59 Å². The molecule has 1 unspecified atom stereocenters. The SMILES string of the molecule is NNC(NC1CCC1)C(=O)C(N)=O. The first-order chi connectivity index (χ1) is 6.15. The molecule has 0 saturated heterocycles. The van der Waals surface area contributed by atoms with Gasteiger partial charge in [-0.15, -0.1) is 0 Å². The third-order valence-corrected chi connectivity index (χ3v) is 2.18. The Hall–Kier alpha value is -0.980. The van der Waals surface area contributed by atoms with E-state index in [1.54, 1.807) is 0 Å². The number of hydrazine groups is 1. The zero-order chi connectivity index (χ0) is 9.84. The van der Waals surface area contributed by atoms with Gasteiger partial charge in [0.15, 0.2) is 0 Å². The monoisotopic (exact) mass is 186 g/mol. The van der Waals surface area contributed by atoms with Gasteiger partial charge in [0.25, 0.3) is 11.7 Å². The first-order valence-electron chi connectivity index (χ1n) is 4.21. The minimum Gasteiger partial charge on any atom is -0.363 e. The first kappa shape index (κ1) is 10.1. The van der Waals surface area contributed by atoms with Crippen molar-refractivity contribution < 1.29 is 9.59 Å². The first-order valence-corrected chi connectivity index (χ1v) is 4.21. The van der Waals surface area contributed by atoms with Crippen molar-refractivity contribution >= 4 is 11.7 Å². The second kappa shape index (κ2) is 4.31. The molecule has 0 heterocycles. The van der Waals surface area contributed by atoms with E-state index in [0.717, 1.165) is 19.3 Å². The molecule has 1 aliphatic rings. The summed E-state index contributed by atoms with van der Waals surface area (Å²) in [4.78, 5) is 21.6. The predicted octanol–water partition coefficient (Wildman–Crippen LogP) is -2.03. The van der Waals surface area contributed by atoms with Crippen LogP contribution in [0.15, 0.2) is 0 Å². The van der Waals surface area contributed by atoms with Crippen molar-refractivity contribution in [1.82, 2.24) is 10.7 Å². The Morgan fingerprint density at radius 1 is 1.38 bits per heavy atom. The molecule has 6 N–H and O–H groups in total. The van der Waals surface area contributed by atoms with E-state index >= 15 is 0 Å². The summed E-state index contributed by atoms with van der Waals surface area (Å²) in [5.41, 5.74) is 7.04. The van der Waals surface area contributed by atoms with Crippen molar-refractivity contribution in [2.75, 3.05) is 0 Å². The average Bonchev–Trinajstić information content (AvgIpc) is 2.02. The highest BCUT2D eigenvalue weighted by molar-refractivity contribution is 6.37. The molecule has 0 bridgehead atoms. The van der Waals surface area contributed by atoms with Gasteiger partial charge >= 0.3 is 0 Å². The molecule has 6 heteroatoms. The normalized spacial score (nSPS) is 19.2.